The van der Waals surface area contributed by atoms with Gasteiger partial charge in [-0.25, -0.2) is 0 Å². The second-order valence-corrected chi connectivity index (χ2v) is 6.48. The molecule has 1 saturated heterocycles. The third-order valence-electron chi connectivity index (χ3n) is 3.61. The van der Waals surface area contributed by atoms with Gasteiger partial charge in [-0.15, -0.1) is 0 Å². The van der Waals surface area contributed by atoms with Crippen LogP contribution in [0.1, 0.15) is 47.0 Å². The summed E-state index contributed by atoms with van der Waals surface area (Å²) in [5, 5.41) is 9.05. The molecule has 0 aliphatic carbocycles. The number of hydrogen-bond donors (Lipinski definition) is 1. The molecule has 1 fully saturated rings. The number of nitrogens with zero attached hydrogens (tertiary/aromatic N) is 1. The zero-order valence-corrected chi connectivity index (χ0v) is 11.0. The van der Waals surface area contributed by atoms with E-state index >= 15 is 0 Å². The fraction of sp³-hybridized carbons (Fsp3) is 0.923. The SMILES string of the molecule is CC1(C)CCCN(CCC(C)(C)C(=O)O)C1. The van der Waals surface area contributed by atoms with Crippen molar-refractivity contribution in [3.8, 4) is 0 Å². The van der Waals surface area contributed by atoms with Crippen molar-refractivity contribution in [3.05, 3.63) is 0 Å². The largest absolute Gasteiger partial charge is 0.481 e. The monoisotopic (exact) mass is 227 g/mol. The fourth-order valence-corrected chi connectivity index (χ4v) is 2.28. The summed E-state index contributed by atoms with van der Waals surface area (Å²) in [6.07, 6.45) is 3.25. The van der Waals surface area contributed by atoms with E-state index in [1.54, 1.807) is 0 Å². The van der Waals surface area contributed by atoms with Gasteiger partial charge in [-0.05, 0) is 51.6 Å². The van der Waals surface area contributed by atoms with Crippen LogP contribution in [-0.4, -0.2) is 35.6 Å². The van der Waals surface area contributed by atoms with Crippen LogP contribution in [0.25, 0.3) is 0 Å². The Morgan fingerprint density at radius 3 is 2.56 bits per heavy atom. The molecule has 0 aromatic heterocycles. The Bertz CT molecular complexity index is 259. The summed E-state index contributed by atoms with van der Waals surface area (Å²) in [7, 11) is 0. The Kier molecular flexibility index (Phi) is 4.00. The summed E-state index contributed by atoms with van der Waals surface area (Å²) >= 11 is 0. The lowest BCUT2D eigenvalue weighted by molar-refractivity contribution is -0.147. The van der Waals surface area contributed by atoms with Crippen LogP contribution in [0.15, 0.2) is 0 Å². The lowest BCUT2D eigenvalue weighted by Crippen LogP contribution is -2.42. The Labute approximate surface area is 98.8 Å². The van der Waals surface area contributed by atoms with Crippen molar-refractivity contribution in [2.24, 2.45) is 10.8 Å². The fourth-order valence-electron chi connectivity index (χ4n) is 2.28. The highest BCUT2D eigenvalue weighted by molar-refractivity contribution is 5.73. The summed E-state index contributed by atoms with van der Waals surface area (Å²) in [5.41, 5.74) is -0.201. The lowest BCUT2D eigenvalue weighted by Gasteiger charge is -2.39. The maximum absolute atomic E-state index is 11.0. The quantitative estimate of drug-likeness (QED) is 0.802. The van der Waals surface area contributed by atoms with Gasteiger partial charge in [-0.3, -0.25) is 4.79 Å². The van der Waals surface area contributed by atoms with E-state index in [0.717, 1.165) is 26.1 Å². The van der Waals surface area contributed by atoms with Gasteiger partial charge < -0.3 is 10.0 Å². The molecule has 1 N–H and O–H groups in total. The van der Waals surface area contributed by atoms with E-state index in [4.69, 9.17) is 5.11 Å². The molecule has 1 aliphatic heterocycles. The average molecular weight is 227 g/mol. The number of carboxylic acids is 1. The highest BCUT2D eigenvalue weighted by Crippen LogP contribution is 2.29. The van der Waals surface area contributed by atoms with Gasteiger partial charge in [0.15, 0.2) is 0 Å². The molecule has 94 valence electrons. The molecule has 1 rings (SSSR count). The first-order valence-corrected chi connectivity index (χ1v) is 6.19. The summed E-state index contributed by atoms with van der Waals surface area (Å²) in [4.78, 5) is 13.4. The zero-order valence-electron chi connectivity index (χ0n) is 11.0. The molecular formula is C13H25NO2. The van der Waals surface area contributed by atoms with E-state index in [0.29, 0.717) is 5.41 Å². The van der Waals surface area contributed by atoms with Crippen molar-refractivity contribution in [1.29, 1.82) is 0 Å². The molecule has 0 radical (unpaired) electrons. The third-order valence-corrected chi connectivity index (χ3v) is 3.61. The van der Waals surface area contributed by atoms with Crippen molar-refractivity contribution < 1.29 is 9.90 Å². The summed E-state index contributed by atoms with van der Waals surface area (Å²) in [5.74, 6) is -0.691. The molecule has 3 heteroatoms. The Morgan fingerprint density at radius 1 is 1.44 bits per heavy atom. The topological polar surface area (TPSA) is 40.5 Å². The third kappa shape index (κ3) is 3.78. The molecule has 0 saturated carbocycles. The molecule has 16 heavy (non-hydrogen) atoms. The van der Waals surface area contributed by atoms with Crippen molar-refractivity contribution in [2.45, 2.75) is 47.0 Å². The van der Waals surface area contributed by atoms with Gasteiger partial charge in [-0.1, -0.05) is 13.8 Å². The van der Waals surface area contributed by atoms with Crippen LogP contribution in [0.3, 0.4) is 0 Å². The number of hydrogen-bond acceptors (Lipinski definition) is 2. The van der Waals surface area contributed by atoms with Crippen molar-refractivity contribution in [2.75, 3.05) is 19.6 Å². The molecular weight excluding hydrogens is 202 g/mol. The number of carbonyl (C=O) groups is 1. The smallest absolute Gasteiger partial charge is 0.309 e. The minimum Gasteiger partial charge on any atom is -0.481 e. The number of piperidine rings is 1. The first-order valence-electron chi connectivity index (χ1n) is 6.19. The highest BCUT2D eigenvalue weighted by atomic mass is 16.4. The highest BCUT2D eigenvalue weighted by Gasteiger charge is 2.30. The lowest BCUT2D eigenvalue weighted by atomic mass is 9.83. The number of aliphatic carboxylic acids is 1. The van der Waals surface area contributed by atoms with E-state index < -0.39 is 11.4 Å². The molecule has 0 atom stereocenters. The summed E-state index contributed by atoms with van der Waals surface area (Å²) in [6.45, 7) is 11.3. The van der Waals surface area contributed by atoms with Gasteiger partial charge in [0.2, 0.25) is 0 Å². The van der Waals surface area contributed by atoms with Gasteiger partial charge in [0.25, 0.3) is 0 Å². The zero-order chi connectivity index (χ0) is 12.4. The van der Waals surface area contributed by atoms with Crippen LogP contribution in [0, 0.1) is 10.8 Å². The first-order chi connectivity index (χ1) is 7.23. The molecule has 0 aromatic carbocycles. The number of rotatable bonds is 4. The Morgan fingerprint density at radius 2 is 2.06 bits per heavy atom. The molecule has 1 aliphatic rings. The van der Waals surface area contributed by atoms with E-state index in [1.165, 1.54) is 12.8 Å². The predicted octanol–water partition coefficient (Wildman–Crippen LogP) is 2.61. The molecule has 1 heterocycles. The summed E-state index contributed by atoms with van der Waals surface area (Å²) < 4.78 is 0. The van der Waals surface area contributed by atoms with Gasteiger partial charge in [0.05, 0.1) is 5.41 Å². The van der Waals surface area contributed by atoms with E-state index in [9.17, 15) is 4.79 Å². The number of carboxylic acid groups (broad SMARTS) is 1. The van der Waals surface area contributed by atoms with E-state index in [-0.39, 0.29) is 0 Å². The van der Waals surface area contributed by atoms with Gasteiger partial charge in [0, 0.05) is 6.54 Å². The number of likely N-dealkylation sites (tertiary alicyclic amines) is 1. The predicted molar refractivity (Wildman–Crippen MR) is 65.5 cm³/mol. The van der Waals surface area contributed by atoms with Gasteiger partial charge in [0.1, 0.15) is 0 Å². The maximum Gasteiger partial charge on any atom is 0.309 e. The maximum atomic E-state index is 11.0. The van der Waals surface area contributed by atoms with Crippen molar-refractivity contribution in [3.63, 3.8) is 0 Å². The van der Waals surface area contributed by atoms with Gasteiger partial charge >= 0.3 is 5.97 Å². The Hall–Kier alpha value is -0.570. The molecule has 0 amide bonds. The van der Waals surface area contributed by atoms with Crippen LogP contribution in [-0.2, 0) is 4.79 Å². The van der Waals surface area contributed by atoms with Crippen LogP contribution in [0.5, 0.6) is 0 Å². The molecule has 0 bridgehead atoms. The molecule has 3 nitrogen and oxygen atoms in total. The van der Waals surface area contributed by atoms with Gasteiger partial charge in [-0.2, -0.15) is 0 Å². The summed E-state index contributed by atoms with van der Waals surface area (Å²) in [6, 6.07) is 0. The van der Waals surface area contributed by atoms with Crippen LogP contribution in [0.4, 0.5) is 0 Å². The van der Waals surface area contributed by atoms with Crippen LogP contribution in [0.2, 0.25) is 0 Å². The van der Waals surface area contributed by atoms with Crippen molar-refractivity contribution in [1.82, 2.24) is 4.90 Å². The molecule has 0 unspecified atom stereocenters. The minimum absolute atomic E-state index is 0.394. The van der Waals surface area contributed by atoms with Crippen LogP contribution < -0.4 is 0 Å². The molecule has 0 aromatic rings. The second kappa shape index (κ2) is 4.74. The normalized spacial score (nSPS) is 22.0. The molecule has 0 spiro atoms. The Balaban J connectivity index is 2.41. The van der Waals surface area contributed by atoms with E-state index in [1.807, 2.05) is 13.8 Å². The first kappa shape index (κ1) is 13.5. The van der Waals surface area contributed by atoms with Crippen LogP contribution >= 0.6 is 0 Å². The standard InChI is InChI=1S/C13H25NO2/c1-12(2)6-5-8-14(10-12)9-7-13(3,4)11(15)16/h5-10H2,1-4H3,(H,15,16). The second-order valence-electron chi connectivity index (χ2n) is 6.48. The minimum atomic E-state index is -0.691. The average Bonchev–Trinajstić information content (AvgIpc) is 2.13. The van der Waals surface area contributed by atoms with Crippen molar-refractivity contribution >= 4 is 5.97 Å². The van der Waals surface area contributed by atoms with E-state index in [2.05, 4.69) is 18.7 Å².